The van der Waals surface area contributed by atoms with E-state index in [-0.39, 0.29) is 11.7 Å². The smallest absolute Gasteiger partial charge is 0.410 e. The molecular formula is C33H39ClFN3O5. The van der Waals surface area contributed by atoms with Crippen molar-refractivity contribution >= 4 is 46.5 Å². The van der Waals surface area contributed by atoms with Gasteiger partial charge in [-0.2, -0.15) is 0 Å². The Morgan fingerprint density at radius 3 is 1.84 bits per heavy atom. The molecule has 0 fully saturated rings. The molecule has 0 aromatic heterocycles. The molecule has 4 rings (SSSR count). The maximum absolute atomic E-state index is 15.1. The molecule has 0 spiro atoms. The Hall–Kier alpha value is -3.85. The number of carbonyl (C=O) groups is 3. The first-order valence-electron chi connectivity index (χ1n) is 14.3. The van der Waals surface area contributed by atoms with Gasteiger partial charge in [0.15, 0.2) is 0 Å². The summed E-state index contributed by atoms with van der Waals surface area (Å²) in [6.07, 6.45) is 4.15. The predicted molar refractivity (Wildman–Crippen MR) is 167 cm³/mol. The van der Waals surface area contributed by atoms with Gasteiger partial charge in [-0.05, 0) is 95.4 Å². The molecule has 0 aliphatic carbocycles. The first kappa shape index (κ1) is 32.1. The van der Waals surface area contributed by atoms with E-state index in [0.717, 1.165) is 16.7 Å². The molecule has 0 bridgehead atoms. The number of nitrogens with one attached hydrogen (secondary N) is 1. The lowest BCUT2D eigenvalue weighted by Gasteiger charge is -2.29. The molecule has 8 nitrogen and oxygen atoms in total. The number of amides is 3. The molecule has 2 aliphatic heterocycles. The van der Waals surface area contributed by atoms with E-state index < -0.39 is 29.0 Å². The third-order valence-electron chi connectivity index (χ3n) is 6.89. The summed E-state index contributed by atoms with van der Waals surface area (Å²) in [5.74, 6) is -1.01. The molecule has 230 valence electrons. The highest BCUT2D eigenvalue weighted by molar-refractivity contribution is 6.34. The molecule has 43 heavy (non-hydrogen) atoms. The number of benzene rings is 2. The maximum atomic E-state index is 15.1. The number of anilines is 1. The molecule has 0 atom stereocenters. The Balaban J connectivity index is 1.37. The van der Waals surface area contributed by atoms with Crippen LogP contribution in [0.5, 0.6) is 0 Å². The Morgan fingerprint density at radius 2 is 1.37 bits per heavy atom. The van der Waals surface area contributed by atoms with Gasteiger partial charge < -0.3 is 24.6 Å². The fraction of sp³-hybridized carbons (Fsp3) is 0.424. The minimum absolute atomic E-state index is 0.158. The Morgan fingerprint density at radius 1 is 0.814 bits per heavy atom. The van der Waals surface area contributed by atoms with Crippen molar-refractivity contribution in [2.45, 2.75) is 65.6 Å². The van der Waals surface area contributed by atoms with Crippen LogP contribution in [0, 0.1) is 5.82 Å². The first-order valence-corrected chi connectivity index (χ1v) is 14.7. The fourth-order valence-corrected chi connectivity index (χ4v) is 4.98. The zero-order valence-corrected chi connectivity index (χ0v) is 26.3. The topological polar surface area (TPSA) is 88.2 Å². The SMILES string of the molecule is CC(C)(C)OC(=O)N1CC=C(c2ccc(NC(=O)c3ccc(C4=CCN(C(=O)OC(C)(C)C)CC4)c(F)c3)c(Cl)c2)CC1. The number of nitrogens with zero attached hydrogens (tertiary/aromatic N) is 2. The maximum Gasteiger partial charge on any atom is 0.410 e. The summed E-state index contributed by atoms with van der Waals surface area (Å²) in [6.45, 7) is 12.6. The van der Waals surface area contributed by atoms with Crippen molar-refractivity contribution in [2.24, 2.45) is 0 Å². The van der Waals surface area contributed by atoms with Gasteiger partial charge in [0, 0.05) is 37.3 Å². The van der Waals surface area contributed by atoms with Crippen molar-refractivity contribution in [1.82, 2.24) is 9.80 Å². The van der Waals surface area contributed by atoms with Gasteiger partial charge in [-0.3, -0.25) is 4.79 Å². The quantitative estimate of drug-likeness (QED) is 0.381. The van der Waals surface area contributed by atoms with Gasteiger partial charge in [0.1, 0.15) is 17.0 Å². The lowest BCUT2D eigenvalue weighted by atomic mass is 9.97. The van der Waals surface area contributed by atoms with E-state index in [1.54, 1.807) is 34.1 Å². The first-order chi connectivity index (χ1) is 20.1. The second kappa shape index (κ2) is 12.8. The molecule has 2 aliphatic rings. The fourth-order valence-electron chi connectivity index (χ4n) is 4.76. The van der Waals surface area contributed by atoms with Crippen LogP contribution in [-0.2, 0) is 9.47 Å². The zero-order valence-electron chi connectivity index (χ0n) is 25.6. The van der Waals surface area contributed by atoms with Crippen LogP contribution in [0.4, 0.5) is 19.7 Å². The van der Waals surface area contributed by atoms with Crippen LogP contribution in [0.2, 0.25) is 5.02 Å². The Labute approximate surface area is 257 Å². The van der Waals surface area contributed by atoms with Gasteiger partial charge in [0.05, 0.1) is 10.7 Å². The number of hydrogen-bond donors (Lipinski definition) is 1. The highest BCUT2D eigenvalue weighted by atomic mass is 35.5. The van der Waals surface area contributed by atoms with Crippen LogP contribution in [0.3, 0.4) is 0 Å². The highest BCUT2D eigenvalue weighted by Crippen LogP contribution is 2.31. The van der Waals surface area contributed by atoms with Crippen molar-refractivity contribution in [3.63, 3.8) is 0 Å². The molecule has 0 saturated carbocycles. The Bertz CT molecular complexity index is 1470. The standard InChI is InChI=1S/C33H39ClFN3O5/c1-32(2,3)42-30(40)37-15-11-21(12-16-37)23-8-10-28(26(34)19-23)36-29(39)24-7-9-25(27(35)20-24)22-13-17-38(18-14-22)31(41)43-33(4,5)6/h7-11,13,19-20H,12,14-18H2,1-6H3,(H,36,39). The van der Waals surface area contributed by atoms with Gasteiger partial charge in [0.2, 0.25) is 0 Å². The van der Waals surface area contributed by atoms with Gasteiger partial charge in [-0.25, -0.2) is 14.0 Å². The average Bonchev–Trinajstić information content (AvgIpc) is 2.92. The molecule has 2 aromatic rings. The van der Waals surface area contributed by atoms with Crippen molar-refractivity contribution in [1.29, 1.82) is 0 Å². The van der Waals surface area contributed by atoms with E-state index in [1.165, 1.54) is 6.07 Å². The normalized spacial score (nSPS) is 15.8. The molecule has 0 radical (unpaired) electrons. The highest BCUT2D eigenvalue weighted by Gasteiger charge is 2.26. The number of hydrogen-bond acceptors (Lipinski definition) is 5. The number of ether oxygens (including phenoxy) is 2. The van der Waals surface area contributed by atoms with Crippen LogP contribution in [-0.4, -0.2) is 65.3 Å². The van der Waals surface area contributed by atoms with Gasteiger partial charge >= 0.3 is 12.2 Å². The molecule has 2 aromatic carbocycles. The summed E-state index contributed by atoms with van der Waals surface area (Å²) in [7, 11) is 0. The largest absolute Gasteiger partial charge is 0.444 e. The lowest BCUT2D eigenvalue weighted by molar-refractivity contribution is 0.0260. The summed E-state index contributed by atoms with van der Waals surface area (Å²) in [5, 5.41) is 3.11. The summed E-state index contributed by atoms with van der Waals surface area (Å²) >= 11 is 6.51. The molecule has 3 amide bonds. The van der Waals surface area contributed by atoms with E-state index in [1.807, 2.05) is 59.8 Å². The molecule has 1 N–H and O–H groups in total. The van der Waals surface area contributed by atoms with Crippen LogP contribution in [0.25, 0.3) is 11.1 Å². The van der Waals surface area contributed by atoms with Crippen molar-refractivity contribution in [3.8, 4) is 0 Å². The minimum Gasteiger partial charge on any atom is -0.444 e. The van der Waals surface area contributed by atoms with Crippen molar-refractivity contribution in [2.75, 3.05) is 31.5 Å². The van der Waals surface area contributed by atoms with Crippen LogP contribution in [0.15, 0.2) is 48.6 Å². The van der Waals surface area contributed by atoms with Crippen molar-refractivity contribution < 1.29 is 28.2 Å². The average molecular weight is 612 g/mol. The van der Waals surface area contributed by atoms with E-state index >= 15 is 4.39 Å². The van der Waals surface area contributed by atoms with E-state index in [0.29, 0.717) is 55.3 Å². The van der Waals surface area contributed by atoms with E-state index in [9.17, 15) is 14.4 Å². The molecule has 0 unspecified atom stereocenters. The van der Waals surface area contributed by atoms with Gasteiger partial charge in [-0.1, -0.05) is 35.9 Å². The van der Waals surface area contributed by atoms with Crippen molar-refractivity contribution in [3.05, 3.63) is 76.1 Å². The summed E-state index contributed by atoms with van der Waals surface area (Å²) in [5.41, 5.74) is 2.53. The number of rotatable bonds is 4. The third kappa shape index (κ3) is 8.60. The summed E-state index contributed by atoms with van der Waals surface area (Å²) < 4.78 is 26.0. The zero-order chi connectivity index (χ0) is 31.5. The molecular weight excluding hydrogens is 573 g/mol. The van der Waals surface area contributed by atoms with E-state index in [2.05, 4.69) is 5.32 Å². The van der Waals surface area contributed by atoms with Crippen LogP contribution < -0.4 is 5.32 Å². The third-order valence-corrected chi connectivity index (χ3v) is 7.20. The van der Waals surface area contributed by atoms with Crippen LogP contribution >= 0.6 is 11.6 Å². The molecule has 2 heterocycles. The minimum atomic E-state index is -0.587. The summed E-state index contributed by atoms with van der Waals surface area (Å²) in [6, 6.07) is 9.70. The monoisotopic (exact) mass is 611 g/mol. The lowest BCUT2D eigenvalue weighted by Crippen LogP contribution is -2.39. The Kier molecular flexibility index (Phi) is 9.54. The second-order valence-electron chi connectivity index (χ2n) is 12.7. The molecule has 0 saturated heterocycles. The number of carbonyl (C=O) groups excluding carboxylic acids is 3. The summed E-state index contributed by atoms with van der Waals surface area (Å²) in [4.78, 5) is 40.8. The second-order valence-corrected chi connectivity index (χ2v) is 13.1. The van der Waals surface area contributed by atoms with Crippen LogP contribution in [0.1, 0.15) is 75.9 Å². The van der Waals surface area contributed by atoms with Gasteiger partial charge in [0.25, 0.3) is 5.91 Å². The van der Waals surface area contributed by atoms with Gasteiger partial charge in [-0.15, -0.1) is 0 Å². The number of halogens is 2. The predicted octanol–water partition coefficient (Wildman–Crippen LogP) is 7.78. The van der Waals surface area contributed by atoms with E-state index in [4.69, 9.17) is 21.1 Å². The molecule has 10 heteroatoms.